The van der Waals surface area contributed by atoms with E-state index in [4.69, 9.17) is 4.74 Å². The van der Waals surface area contributed by atoms with E-state index in [0.29, 0.717) is 0 Å². The number of benzene rings is 1. The first-order chi connectivity index (χ1) is 8.84. The molecule has 0 radical (unpaired) electrons. The lowest BCUT2D eigenvalue weighted by Crippen LogP contribution is -2.40. The minimum absolute atomic E-state index is 0.0976. The van der Waals surface area contributed by atoms with E-state index in [1.807, 2.05) is 13.8 Å². The van der Waals surface area contributed by atoms with Crippen LogP contribution in [0.4, 0.5) is 4.79 Å². The maximum Gasteiger partial charge on any atom is 0.325 e. The Morgan fingerprint density at radius 3 is 2.21 bits per heavy atom. The van der Waals surface area contributed by atoms with Crippen molar-refractivity contribution in [2.75, 3.05) is 7.05 Å². The Hall–Kier alpha value is -2.04. The van der Waals surface area contributed by atoms with E-state index in [0.717, 1.165) is 16.2 Å². The van der Waals surface area contributed by atoms with Crippen molar-refractivity contribution in [3.05, 3.63) is 29.8 Å². The van der Waals surface area contributed by atoms with Crippen molar-refractivity contribution in [3.8, 4) is 5.75 Å². The van der Waals surface area contributed by atoms with Crippen LogP contribution in [0.3, 0.4) is 0 Å². The number of rotatable bonds is 3. The highest BCUT2D eigenvalue weighted by Gasteiger charge is 2.47. The smallest absolute Gasteiger partial charge is 0.325 e. The molecule has 1 aliphatic heterocycles. The van der Waals surface area contributed by atoms with Crippen molar-refractivity contribution in [1.29, 1.82) is 0 Å². The van der Waals surface area contributed by atoms with Gasteiger partial charge in [0, 0.05) is 7.05 Å². The van der Waals surface area contributed by atoms with Gasteiger partial charge < -0.3 is 10.1 Å². The minimum Gasteiger partial charge on any atom is -0.491 e. The van der Waals surface area contributed by atoms with Gasteiger partial charge in [-0.1, -0.05) is 12.1 Å². The fourth-order valence-corrected chi connectivity index (χ4v) is 2.11. The Balaban J connectivity index is 2.27. The number of hydrogen-bond acceptors (Lipinski definition) is 3. The van der Waals surface area contributed by atoms with Gasteiger partial charge in [-0.25, -0.2) is 4.79 Å². The van der Waals surface area contributed by atoms with Crippen LogP contribution in [0.15, 0.2) is 24.3 Å². The Morgan fingerprint density at radius 1 is 1.21 bits per heavy atom. The Morgan fingerprint density at radius 2 is 1.79 bits per heavy atom. The Kier molecular flexibility index (Phi) is 3.22. The van der Waals surface area contributed by atoms with Crippen molar-refractivity contribution >= 4 is 11.9 Å². The number of amides is 3. The summed E-state index contributed by atoms with van der Waals surface area (Å²) in [6.45, 7) is 5.60. The molecule has 3 amide bonds. The van der Waals surface area contributed by atoms with Gasteiger partial charge in [0.1, 0.15) is 11.3 Å². The molecule has 1 atom stereocenters. The first-order valence-corrected chi connectivity index (χ1v) is 6.22. The van der Waals surface area contributed by atoms with Gasteiger partial charge >= 0.3 is 6.03 Å². The van der Waals surface area contributed by atoms with Crippen molar-refractivity contribution in [1.82, 2.24) is 10.2 Å². The fraction of sp³-hybridized carbons (Fsp3) is 0.429. The molecule has 0 unspecified atom stereocenters. The van der Waals surface area contributed by atoms with Crippen LogP contribution in [0.25, 0.3) is 0 Å². The van der Waals surface area contributed by atoms with Gasteiger partial charge in [-0.05, 0) is 38.5 Å². The molecule has 1 aliphatic rings. The standard InChI is InChI=1S/C14H18N2O3/c1-9(2)19-11-7-5-10(6-8-11)14(3)12(17)16(4)13(18)15-14/h5-9H,1-4H3,(H,15,18)/t14-/m0/s1. The third-order valence-corrected chi connectivity index (χ3v) is 3.20. The van der Waals surface area contributed by atoms with E-state index in [9.17, 15) is 9.59 Å². The summed E-state index contributed by atoms with van der Waals surface area (Å²) in [5.74, 6) is 0.488. The third-order valence-electron chi connectivity index (χ3n) is 3.20. The third kappa shape index (κ3) is 2.28. The number of carbonyl (C=O) groups excluding carboxylic acids is 2. The lowest BCUT2D eigenvalue weighted by Gasteiger charge is -2.22. The average molecular weight is 262 g/mol. The molecule has 0 aliphatic carbocycles. The number of nitrogens with zero attached hydrogens (tertiary/aromatic N) is 1. The molecule has 1 saturated heterocycles. The van der Waals surface area contributed by atoms with Gasteiger partial charge in [0.25, 0.3) is 5.91 Å². The summed E-state index contributed by atoms with van der Waals surface area (Å²) >= 11 is 0. The second-order valence-electron chi connectivity index (χ2n) is 5.11. The van der Waals surface area contributed by atoms with Gasteiger partial charge in [-0.3, -0.25) is 9.69 Å². The zero-order valence-corrected chi connectivity index (χ0v) is 11.6. The number of carbonyl (C=O) groups is 2. The first-order valence-electron chi connectivity index (χ1n) is 6.22. The maximum atomic E-state index is 12.1. The van der Waals surface area contributed by atoms with Gasteiger partial charge in [0.15, 0.2) is 0 Å². The van der Waals surface area contributed by atoms with E-state index in [2.05, 4.69) is 5.32 Å². The molecular weight excluding hydrogens is 244 g/mol. The molecule has 102 valence electrons. The molecule has 5 heteroatoms. The number of nitrogens with one attached hydrogen (secondary N) is 1. The summed E-state index contributed by atoms with van der Waals surface area (Å²) < 4.78 is 5.55. The number of hydrogen-bond donors (Lipinski definition) is 1. The fourth-order valence-electron chi connectivity index (χ4n) is 2.11. The molecule has 0 saturated carbocycles. The van der Waals surface area contributed by atoms with Crippen molar-refractivity contribution in [2.45, 2.75) is 32.4 Å². The molecule has 0 bridgehead atoms. The zero-order chi connectivity index (χ0) is 14.2. The molecule has 5 nitrogen and oxygen atoms in total. The van der Waals surface area contributed by atoms with Gasteiger partial charge in [-0.15, -0.1) is 0 Å². The van der Waals surface area contributed by atoms with Crippen LogP contribution in [-0.4, -0.2) is 30.0 Å². The molecule has 2 rings (SSSR count). The van der Waals surface area contributed by atoms with Crippen LogP contribution in [0.2, 0.25) is 0 Å². The molecule has 1 heterocycles. The quantitative estimate of drug-likeness (QED) is 0.846. The van der Waals surface area contributed by atoms with Crippen LogP contribution >= 0.6 is 0 Å². The summed E-state index contributed by atoms with van der Waals surface area (Å²) in [5.41, 5.74) is -0.256. The van der Waals surface area contributed by atoms with E-state index in [-0.39, 0.29) is 18.0 Å². The molecular formula is C14H18N2O3. The van der Waals surface area contributed by atoms with E-state index < -0.39 is 5.54 Å². The normalized spacial score (nSPS) is 22.9. The van der Waals surface area contributed by atoms with Crippen LogP contribution < -0.4 is 10.1 Å². The van der Waals surface area contributed by atoms with E-state index in [1.165, 1.54) is 7.05 Å². The highest BCUT2D eigenvalue weighted by molar-refractivity contribution is 6.06. The number of urea groups is 1. The van der Waals surface area contributed by atoms with Crippen LogP contribution in [0.5, 0.6) is 5.75 Å². The van der Waals surface area contributed by atoms with Gasteiger partial charge in [-0.2, -0.15) is 0 Å². The van der Waals surface area contributed by atoms with Gasteiger partial charge in [0.05, 0.1) is 6.10 Å². The molecule has 0 spiro atoms. The molecule has 1 fully saturated rings. The second kappa shape index (κ2) is 4.57. The van der Waals surface area contributed by atoms with Crippen LogP contribution in [-0.2, 0) is 10.3 Å². The van der Waals surface area contributed by atoms with Crippen LogP contribution in [0.1, 0.15) is 26.3 Å². The topological polar surface area (TPSA) is 58.6 Å². The number of imide groups is 1. The molecule has 1 aromatic carbocycles. The Bertz CT molecular complexity index is 510. The number of likely N-dealkylation sites (N-methyl/N-ethyl adjacent to an activating group) is 1. The minimum atomic E-state index is -0.998. The number of ether oxygens (including phenoxy) is 1. The SMILES string of the molecule is CC(C)Oc1ccc([C@]2(C)NC(=O)N(C)C2=O)cc1. The monoisotopic (exact) mass is 262 g/mol. The lowest BCUT2D eigenvalue weighted by molar-refractivity contribution is -0.130. The summed E-state index contributed by atoms with van der Waals surface area (Å²) in [6, 6.07) is 6.83. The summed E-state index contributed by atoms with van der Waals surface area (Å²) in [6.07, 6.45) is 0.0976. The van der Waals surface area contributed by atoms with E-state index in [1.54, 1.807) is 31.2 Å². The van der Waals surface area contributed by atoms with Crippen LogP contribution in [0, 0.1) is 0 Å². The van der Waals surface area contributed by atoms with Crippen molar-refractivity contribution < 1.29 is 14.3 Å². The molecule has 19 heavy (non-hydrogen) atoms. The second-order valence-corrected chi connectivity index (χ2v) is 5.11. The predicted octanol–water partition coefficient (Wildman–Crippen LogP) is 1.87. The summed E-state index contributed by atoms with van der Waals surface area (Å²) in [7, 11) is 1.47. The predicted molar refractivity (Wildman–Crippen MR) is 70.9 cm³/mol. The molecule has 0 aromatic heterocycles. The highest BCUT2D eigenvalue weighted by atomic mass is 16.5. The highest BCUT2D eigenvalue weighted by Crippen LogP contribution is 2.29. The Labute approximate surface area is 112 Å². The average Bonchev–Trinajstić information content (AvgIpc) is 2.54. The first kappa shape index (κ1) is 13.4. The van der Waals surface area contributed by atoms with Gasteiger partial charge in [0.2, 0.25) is 0 Å². The van der Waals surface area contributed by atoms with Crippen molar-refractivity contribution in [3.63, 3.8) is 0 Å². The molecule has 1 aromatic rings. The lowest BCUT2D eigenvalue weighted by atomic mass is 9.92. The molecule has 1 N–H and O–H groups in total. The summed E-state index contributed by atoms with van der Waals surface area (Å²) in [4.78, 5) is 24.8. The maximum absolute atomic E-state index is 12.1. The largest absolute Gasteiger partial charge is 0.491 e. The van der Waals surface area contributed by atoms with E-state index >= 15 is 0 Å². The summed E-state index contributed by atoms with van der Waals surface area (Å²) in [5, 5.41) is 2.70. The van der Waals surface area contributed by atoms with Crippen molar-refractivity contribution in [2.24, 2.45) is 0 Å². The zero-order valence-electron chi connectivity index (χ0n) is 11.6.